The van der Waals surface area contributed by atoms with Gasteiger partial charge in [0.15, 0.2) is 5.82 Å². The number of carbonyl (C=O) groups excluding carboxylic acids is 1. The molecule has 6 nitrogen and oxygen atoms in total. The van der Waals surface area contributed by atoms with Crippen molar-refractivity contribution >= 4 is 11.7 Å². The van der Waals surface area contributed by atoms with Crippen LogP contribution in [0.2, 0.25) is 0 Å². The number of hydrogen-bond acceptors (Lipinski definition) is 5. The zero-order valence-corrected chi connectivity index (χ0v) is 16.0. The Morgan fingerprint density at radius 3 is 2.79 bits per heavy atom. The average molecular weight is 376 g/mol. The molecule has 1 amide bonds. The second-order valence-corrected chi connectivity index (χ2v) is 7.11. The van der Waals surface area contributed by atoms with E-state index in [0.717, 1.165) is 37.1 Å². The van der Waals surface area contributed by atoms with Gasteiger partial charge < -0.3 is 14.6 Å². The third-order valence-corrected chi connectivity index (χ3v) is 4.95. The Balaban J connectivity index is 1.65. The number of aromatic nitrogens is 2. The summed E-state index contributed by atoms with van der Waals surface area (Å²) in [5, 5.41) is 2.91. The van der Waals surface area contributed by atoms with Crippen LogP contribution < -0.4 is 10.2 Å². The van der Waals surface area contributed by atoms with Crippen LogP contribution in [-0.4, -0.2) is 29.0 Å². The van der Waals surface area contributed by atoms with Crippen LogP contribution in [0.15, 0.2) is 53.3 Å². The maximum Gasteiger partial charge on any atom is 0.256 e. The number of carbonyl (C=O) groups is 1. The van der Waals surface area contributed by atoms with E-state index in [1.54, 1.807) is 18.5 Å². The normalized spacial score (nSPS) is 14.1. The fourth-order valence-corrected chi connectivity index (χ4v) is 3.48. The van der Waals surface area contributed by atoms with Crippen molar-refractivity contribution in [3.05, 3.63) is 65.7 Å². The van der Waals surface area contributed by atoms with E-state index >= 15 is 0 Å². The van der Waals surface area contributed by atoms with Crippen LogP contribution >= 0.6 is 0 Å². The van der Waals surface area contributed by atoms with Gasteiger partial charge in [-0.2, -0.15) is 0 Å². The van der Waals surface area contributed by atoms with Crippen LogP contribution in [0.4, 0.5) is 5.82 Å². The lowest BCUT2D eigenvalue weighted by molar-refractivity contribution is 0.0948. The molecule has 1 aliphatic heterocycles. The molecule has 144 valence electrons. The van der Waals surface area contributed by atoms with Crippen molar-refractivity contribution in [1.29, 1.82) is 0 Å². The van der Waals surface area contributed by atoms with Gasteiger partial charge in [0.25, 0.3) is 5.91 Å². The molecule has 6 heteroatoms. The van der Waals surface area contributed by atoms with Crippen molar-refractivity contribution in [2.24, 2.45) is 0 Å². The molecule has 1 saturated heterocycles. The highest BCUT2D eigenvalue weighted by Gasteiger charge is 2.22. The average Bonchev–Trinajstić information content (AvgIpc) is 3.26. The first kappa shape index (κ1) is 18.2. The molecule has 1 aliphatic rings. The van der Waals surface area contributed by atoms with Crippen molar-refractivity contribution < 1.29 is 9.21 Å². The van der Waals surface area contributed by atoms with Gasteiger partial charge in [0.2, 0.25) is 0 Å². The lowest BCUT2D eigenvalue weighted by Crippen LogP contribution is -2.33. The Morgan fingerprint density at radius 2 is 2.04 bits per heavy atom. The number of furan rings is 1. The van der Waals surface area contributed by atoms with E-state index < -0.39 is 0 Å². The van der Waals surface area contributed by atoms with Crippen LogP contribution in [-0.2, 0) is 6.54 Å². The highest BCUT2D eigenvalue weighted by atomic mass is 16.3. The van der Waals surface area contributed by atoms with Gasteiger partial charge in [-0.3, -0.25) is 4.79 Å². The molecule has 1 fully saturated rings. The minimum Gasteiger partial charge on any atom is -0.467 e. The molecule has 0 spiro atoms. The molecule has 2 aromatic heterocycles. The minimum absolute atomic E-state index is 0.187. The molecule has 0 radical (unpaired) electrons. The van der Waals surface area contributed by atoms with Gasteiger partial charge in [0, 0.05) is 24.8 Å². The third kappa shape index (κ3) is 4.06. The molecular weight excluding hydrogens is 352 g/mol. The minimum atomic E-state index is -0.187. The lowest BCUT2D eigenvalue weighted by atomic mass is 10.1. The second-order valence-electron chi connectivity index (χ2n) is 7.11. The maximum absolute atomic E-state index is 12.8. The third-order valence-electron chi connectivity index (χ3n) is 4.95. The summed E-state index contributed by atoms with van der Waals surface area (Å²) in [6.07, 6.45) is 6.67. The number of hydrogen-bond donors (Lipinski definition) is 1. The summed E-state index contributed by atoms with van der Waals surface area (Å²) in [6, 6.07) is 11.7. The number of benzene rings is 1. The molecule has 0 unspecified atom stereocenters. The van der Waals surface area contributed by atoms with Crippen LogP contribution in [0.1, 0.15) is 40.9 Å². The molecule has 4 rings (SSSR count). The Bertz CT molecular complexity index is 947. The van der Waals surface area contributed by atoms with Crippen molar-refractivity contribution in [3.63, 3.8) is 0 Å². The monoisotopic (exact) mass is 376 g/mol. The van der Waals surface area contributed by atoms with Crippen LogP contribution in [0.25, 0.3) is 11.4 Å². The van der Waals surface area contributed by atoms with Crippen LogP contribution in [0, 0.1) is 6.92 Å². The molecule has 3 aromatic rings. The fourth-order valence-electron chi connectivity index (χ4n) is 3.48. The van der Waals surface area contributed by atoms with E-state index in [4.69, 9.17) is 9.40 Å². The molecule has 0 atom stereocenters. The fraction of sp³-hybridized carbons (Fsp3) is 0.318. The van der Waals surface area contributed by atoms with Gasteiger partial charge in [-0.25, -0.2) is 9.97 Å². The molecule has 1 N–H and O–H groups in total. The largest absolute Gasteiger partial charge is 0.467 e. The lowest BCUT2D eigenvalue weighted by Gasteiger charge is -2.29. The molecule has 3 heterocycles. The van der Waals surface area contributed by atoms with E-state index in [2.05, 4.69) is 21.3 Å². The van der Waals surface area contributed by atoms with Gasteiger partial charge in [-0.1, -0.05) is 23.8 Å². The maximum atomic E-state index is 12.8. The van der Waals surface area contributed by atoms with E-state index in [-0.39, 0.29) is 5.91 Å². The summed E-state index contributed by atoms with van der Waals surface area (Å²) < 4.78 is 5.30. The number of aryl methyl sites for hydroxylation is 1. The first-order valence-electron chi connectivity index (χ1n) is 9.70. The number of rotatable bonds is 5. The predicted octanol–water partition coefficient (Wildman–Crippen LogP) is 3.97. The van der Waals surface area contributed by atoms with Gasteiger partial charge >= 0.3 is 0 Å². The topological polar surface area (TPSA) is 71.3 Å². The summed E-state index contributed by atoms with van der Waals surface area (Å²) in [6.45, 7) is 4.20. The van der Waals surface area contributed by atoms with Crippen LogP contribution in [0.5, 0.6) is 0 Å². The van der Waals surface area contributed by atoms with Gasteiger partial charge in [-0.15, -0.1) is 0 Å². The zero-order valence-electron chi connectivity index (χ0n) is 16.0. The summed E-state index contributed by atoms with van der Waals surface area (Å²) in [5.74, 6) is 1.88. The Morgan fingerprint density at radius 1 is 1.18 bits per heavy atom. The zero-order chi connectivity index (χ0) is 19.3. The molecule has 1 aromatic carbocycles. The van der Waals surface area contributed by atoms with E-state index in [9.17, 15) is 4.79 Å². The number of piperidine rings is 1. The quantitative estimate of drug-likeness (QED) is 0.730. The van der Waals surface area contributed by atoms with Gasteiger partial charge in [-0.05, 0) is 44.4 Å². The first-order valence-corrected chi connectivity index (χ1v) is 9.70. The number of anilines is 1. The van der Waals surface area contributed by atoms with Crippen molar-refractivity contribution in [2.75, 3.05) is 18.0 Å². The van der Waals surface area contributed by atoms with Crippen LogP contribution in [0.3, 0.4) is 0 Å². The molecular formula is C22H24N4O2. The molecule has 0 bridgehead atoms. The van der Waals surface area contributed by atoms with Crippen molar-refractivity contribution in [3.8, 4) is 11.4 Å². The van der Waals surface area contributed by atoms with Gasteiger partial charge in [0.1, 0.15) is 17.1 Å². The van der Waals surface area contributed by atoms with E-state index in [1.807, 2.05) is 31.2 Å². The molecule has 0 aliphatic carbocycles. The number of nitrogens with one attached hydrogen (secondary N) is 1. The highest BCUT2D eigenvalue weighted by Crippen LogP contribution is 2.25. The predicted molar refractivity (Wildman–Crippen MR) is 108 cm³/mol. The first-order chi connectivity index (χ1) is 13.7. The summed E-state index contributed by atoms with van der Waals surface area (Å²) >= 11 is 0. The Kier molecular flexibility index (Phi) is 5.37. The summed E-state index contributed by atoms with van der Waals surface area (Å²) in [7, 11) is 0. The van der Waals surface area contributed by atoms with Gasteiger partial charge in [0.05, 0.1) is 12.8 Å². The summed E-state index contributed by atoms with van der Waals surface area (Å²) in [4.78, 5) is 24.3. The smallest absolute Gasteiger partial charge is 0.256 e. The Hall–Kier alpha value is -3.15. The number of nitrogens with zero attached hydrogens (tertiary/aromatic N) is 3. The van der Waals surface area contributed by atoms with Crippen molar-refractivity contribution in [1.82, 2.24) is 15.3 Å². The Labute approximate surface area is 164 Å². The highest BCUT2D eigenvalue weighted by molar-refractivity contribution is 5.98. The summed E-state index contributed by atoms with van der Waals surface area (Å²) in [5.41, 5.74) is 2.62. The standard InChI is InChI=1S/C22H24N4O2/c1-16-7-5-8-17(13-16)20-23-15-19(21(25-20)26-10-3-2-4-11-26)22(27)24-14-18-9-6-12-28-18/h5-9,12-13,15H,2-4,10-11,14H2,1H3,(H,24,27). The van der Waals surface area contributed by atoms with E-state index in [0.29, 0.717) is 29.5 Å². The molecule has 28 heavy (non-hydrogen) atoms. The van der Waals surface area contributed by atoms with Crippen molar-refractivity contribution in [2.45, 2.75) is 32.7 Å². The SMILES string of the molecule is Cc1cccc(-c2ncc(C(=O)NCc3ccco3)c(N3CCCCC3)n2)c1. The van der Waals surface area contributed by atoms with E-state index in [1.165, 1.54) is 6.42 Å². The molecule has 0 saturated carbocycles. The number of amides is 1. The second kappa shape index (κ2) is 8.25.